The summed E-state index contributed by atoms with van der Waals surface area (Å²) in [5.41, 5.74) is 5.42. The molecule has 1 aromatic heterocycles. The quantitative estimate of drug-likeness (QED) is 0.319. The van der Waals surface area contributed by atoms with Crippen molar-refractivity contribution >= 4 is 28.6 Å². The minimum Gasteiger partial charge on any atom is -0.504 e. The van der Waals surface area contributed by atoms with Gasteiger partial charge < -0.3 is 19.7 Å². The second kappa shape index (κ2) is 9.83. The van der Waals surface area contributed by atoms with Crippen LogP contribution in [0.2, 0.25) is 0 Å². The molecule has 0 radical (unpaired) electrons. The van der Waals surface area contributed by atoms with Crippen LogP contribution in [-0.4, -0.2) is 27.5 Å². The predicted octanol–water partition coefficient (Wildman–Crippen LogP) is 5.88. The summed E-state index contributed by atoms with van der Waals surface area (Å²) in [4.78, 5) is 6.71. The lowest BCUT2D eigenvalue weighted by Gasteiger charge is -2.37. The van der Waals surface area contributed by atoms with E-state index in [9.17, 15) is 5.11 Å². The van der Waals surface area contributed by atoms with Gasteiger partial charge in [-0.15, -0.1) is 0 Å². The second-order valence-electron chi connectivity index (χ2n) is 8.46. The SMILES string of the molecule is CCc1ccc(-c2noc(C3=C(C)N(c4ccccc4)C(=S)NC3c3ccc(OC)c(O)c3)n2)cc1. The number of anilines is 1. The number of nitrogens with zero attached hydrogens (tertiary/aromatic N) is 3. The number of benzene rings is 3. The first-order chi connectivity index (χ1) is 17.5. The van der Waals surface area contributed by atoms with Gasteiger partial charge in [-0.1, -0.05) is 60.6 Å². The van der Waals surface area contributed by atoms with Gasteiger partial charge in [-0.2, -0.15) is 4.98 Å². The van der Waals surface area contributed by atoms with Crippen molar-refractivity contribution in [3.8, 4) is 22.9 Å². The number of rotatable bonds is 6. The first kappa shape index (κ1) is 23.6. The van der Waals surface area contributed by atoms with Crippen molar-refractivity contribution in [3.05, 3.63) is 95.5 Å². The molecule has 182 valence electrons. The molecule has 0 spiro atoms. The summed E-state index contributed by atoms with van der Waals surface area (Å²) in [6.45, 7) is 4.10. The van der Waals surface area contributed by atoms with Crippen molar-refractivity contribution in [3.63, 3.8) is 0 Å². The number of aromatic nitrogens is 2. The first-order valence-corrected chi connectivity index (χ1v) is 12.1. The number of allylic oxidation sites excluding steroid dienone is 1. The molecule has 5 rings (SSSR count). The van der Waals surface area contributed by atoms with Gasteiger partial charge in [0.1, 0.15) is 0 Å². The Balaban J connectivity index is 1.63. The van der Waals surface area contributed by atoms with E-state index in [0.29, 0.717) is 22.6 Å². The molecule has 0 bridgehead atoms. The first-order valence-electron chi connectivity index (χ1n) is 11.7. The Kier molecular flexibility index (Phi) is 6.43. The van der Waals surface area contributed by atoms with Gasteiger partial charge in [0.05, 0.1) is 18.7 Å². The highest BCUT2D eigenvalue weighted by atomic mass is 32.1. The zero-order chi connectivity index (χ0) is 25.2. The average molecular weight is 499 g/mol. The summed E-state index contributed by atoms with van der Waals surface area (Å²) in [7, 11) is 1.52. The monoisotopic (exact) mass is 498 g/mol. The fourth-order valence-electron chi connectivity index (χ4n) is 4.38. The molecule has 7 nitrogen and oxygen atoms in total. The molecule has 1 atom stereocenters. The van der Waals surface area contributed by atoms with E-state index < -0.39 is 6.04 Å². The summed E-state index contributed by atoms with van der Waals surface area (Å²) in [5, 5.41) is 18.7. The fraction of sp³-hybridized carbons (Fsp3) is 0.179. The Morgan fingerprint density at radius 1 is 1.08 bits per heavy atom. The number of phenols is 1. The molecule has 1 aliphatic rings. The van der Waals surface area contributed by atoms with Crippen LogP contribution < -0.4 is 15.0 Å². The summed E-state index contributed by atoms with van der Waals surface area (Å²) in [5.74, 6) is 1.30. The number of ether oxygens (including phenoxy) is 1. The fourth-order valence-corrected chi connectivity index (χ4v) is 4.74. The van der Waals surface area contributed by atoms with Gasteiger partial charge in [-0.05, 0) is 61.0 Å². The molecular weight excluding hydrogens is 472 g/mol. The van der Waals surface area contributed by atoms with Crippen LogP contribution in [0.25, 0.3) is 17.0 Å². The van der Waals surface area contributed by atoms with Crippen molar-refractivity contribution in [2.45, 2.75) is 26.3 Å². The average Bonchev–Trinajstić information content (AvgIpc) is 3.38. The van der Waals surface area contributed by atoms with Gasteiger partial charge in [-0.25, -0.2) is 0 Å². The molecule has 0 fully saturated rings. The van der Waals surface area contributed by atoms with Crippen LogP contribution in [0, 0.1) is 0 Å². The molecule has 1 unspecified atom stereocenters. The van der Waals surface area contributed by atoms with Crippen molar-refractivity contribution in [1.29, 1.82) is 0 Å². The van der Waals surface area contributed by atoms with Crippen LogP contribution in [0.1, 0.15) is 36.9 Å². The highest BCUT2D eigenvalue weighted by Gasteiger charge is 2.35. The Labute approximate surface area is 215 Å². The summed E-state index contributed by atoms with van der Waals surface area (Å²) < 4.78 is 11.0. The van der Waals surface area contributed by atoms with Gasteiger partial charge >= 0.3 is 0 Å². The van der Waals surface area contributed by atoms with E-state index in [4.69, 9.17) is 26.5 Å². The number of nitrogens with one attached hydrogen (secondary N) is 1. The van der Waals surface area contributed by atoms with Gasteiger partial charge in [0, 0.05) is 16.9 Å². The van der Waals surface area contributed by atoms with Crippen molar-refractivity contribution in [2.24, 2.45) is 0 Å². The van der Waals surface area contributed by atoms with Gasteiger partial charge in [0.25, 0.3) is 5.89 Å². The molecule has 0 amide bonds. The molecular formula is C28H26N4O3S. The molecule has 4 aromatic rings. The predicted molar refractivity (Wildman–Crippen MR) is 144 cm³/mol. The third-order valence-corrected chi connectivity index (χ3v) is 6.61. The molecule has 2 heterocycles. The van der Waals surface area contributed by atoms with Crippen LogP contribution in [-0.2, 0) is 6.42 Å². The van der Waals surface area contributed by atoms with Gasteiger partial charge in [0.15, 0.2) is 16.6 Å². The minimum absolute atomic E-state index is 0.0347. The third-order valence-electron chi connectivity index (χ3n) is 6.31. The number of aryl methyl sites for hydroxylation is 1. The van der Waals surface area contributed by atoms with E-state index in [0.717, 1.165) is 34.5 Å². The Bertz CT molecular complexity index is 1430. The van der Waals surface area contributed by atoms with E-state index in [1.165, 1.54) is 12.7 Å². The zero-order valence-corrected chi connectivity index (χ0v) is 21.0. The number of thiocarbonyl (C=S) groups is 1. The lowest BCUT2D eigenvalue weighted by Crippen LogP contribution is -2.46. The number of methoxy groups -OCH3 is 1. The topological polar surface area (TPSA) is 83.7 Å². The molecule has 36 heavy (non-hydrogen) atoms. The Hall–Kier alpha value is -4.17. The largest absolute Gasteiger partial charge is 0.504 e. The molecule has 3 aromatic carbocycles. The maximum Gasteiger partial charge on any atom is 0.258 e. The highest BCUT2D eigenvalue weighted by Crippen LogP contribution is 2.41. The van der Waals surface area contributed by atoms with Crippen LogP contribution in [0.4, 0.5) is 5.69 Å². The number of phenolic OH excluding ortho intramolecular Hbond substituents is 1. The number of hydrogen-bond acceptors (Lipinski definition) is 6. The van der Waals surface area contributed by atoms with Crippen LogP contribution in [0.3, 0.4) is 0 Å². The minimum atomic E-state index is -0.426. The zero-order valence-electron chi connectivity index (χ0n) is 20.2. The maximum absolute atomic E-state index is 10.5. The maximum atomic E-state index is 10.5. The molecule has 1 aliphatic heterocycles. The van der Waals surface area contributed by atoms with E-state index in [1.807, 2.05) is 60.4 Å². The number of hydrogen-bond donors (Lipinski definition) is 2. The number of aromatic hydroxyl groups is 1. The van der Waals surface area contributed by atoms with Crippen LogP contribution >= 0.6 is 12.2 Å². The molecule has 2 N–H and O–H groups in total. The van der Waals surface area contributed by atoms with Crippen LogP contribution in [0.5, 0.6) is 11.5 Å². The third kappa shape index (κ3) is 4.31. The molecule has 0 saturated heterocycles. The van der Waals surface area contributed by atoms with E-state index in [2.05, 4.69) is 29.5 Å². The normalized spacial score (nSPS) is 15.7. The highest BCUT2D eigenvalue weighted by molar-refractivity contribution is 7.80. The van der Waals surface area contributed by atoms with Crippen molar-refractivity contribution in [2.75, 3.05) is 12.0 Å². The lowest BCUT2D eigenvalue weighted by molar-refractivity contribution is 0.372. The summed E-state index contributed by atoms with van der Waals surface area (Å²) >= 11 is 5.78. The summed E-state index contributed by atoms with van der Waals surface area (Å²) in [6, 6.07) is 22.8. The molecule has 0 saturated carbocycles. The van der Waals surface area contributed by atoms with E-state index in [1.54, 1.807) is 12.1 Å². The van der Waals surface area contributed by atoms with Gasteiger partial charge in [-0.3, -0.25) is 4.90 Å². The standard InChI is InChI=1S/C28H26N4O3S/c1-4-18-10-12-19(13-11-18)26-30-27(35-31-26)24-17(2)32(21-8-6-5-7-9-21)28(36)29-25(24)20-14-15-23(34-3)22(33)16-20/h5-16,25,33H,4H2,1-3H3,(H,29,36). The smallest absolute Gasteiger partial charge is 0.258 e. The lowest BCUT2D eigenvalue weighted by atomic mass is 9.94. The molecule has 0 aliphatic carbocycles. The van der Waals surface area contributed by atoms with Crippen molar-refractivity contribution < 1.29 is 14.4 Å². The Morgan fingerprint density at radius 3 is 2.50 bits per heavy atom. The van der Waals surface area contributed by atoms with Crippen LogP contribution in [0.15, 0.2) is 83.0 Å². The van der Waals surface area contributed by atoms with Crippen molar-refractivity contribution in [1.82, 2.24) is 15.5 Å². The summed E-state index contributed by atoms with van der Waals surface area (Å²) in [6.07, 6.45) is 0.959. The Morgan fingerprint density at radius 2 is 1.83 bits per heavy atom. The van der Waals surface area contributed by atoms with Gasteiger partial charge in [0.2, 0.25) is 5.82 Å². The second-order valence-corrected chi connectivity index (χ2v) is 8.84. The van der Waals surface area contributed by atoms with E-state index in [-0.39, 0.29) is 5.75 Å². The van der Waals surface area contributed by atoms with E-state index >= 15 is 0 Å². The molecule has 8 heteroatoms. The number of para-hydroxylation sites is 1.